The first-order valence-electron chi connectivity index (χ1n) is 8.82. The van der Waals surface area contributed by atoms with Crippen LogP contribution in [0.3, 0.4) is 0 Å². The van der Waals surface area contributed by atoms with Crippen LogP contribution in [0, 0.1) is 0 Å². The van der Waals surface area contributed by atoms with Gasteiger partial charge in [0.05, 0.1) is 23.0 Å². The molecule has 0 saturated carbocycles. The summed E-state index contributed by atoms with van der Waals surface area (Å²) >= 11 is 1.60. The molecular weight excluding hydrogens is 419 g/mol. The van der Waals surface area contributed by atoms with Gasteiger partial charge in [-0.15, -0.1) is 11.3 Å². The zero-order valence-electron chi connectivity index (χ0n) is 15.7. The van der Waals surface area contributed by atoms with Gasteiger partial charge in [0.1, 0.15) is 12.4 Å². The average Bonchev–Trinajstić information content (AvgIpc) is 3.33. The van der Waals surface area contributed by atoms with Gasteiger partial charge < -0.3 is 20.4 Å². The van der Waals surface area contributed by atoms with Gasteiger partial charge in [-0.2, -0.15) is 18.2 Å². The molecule has 0 saturated heterocycles. The average molecular weight is 435 g/mol. The molecule has 3 N–H and O–H groups in total. The molecule has 0 spiro atoms. The Morgan fingerprint density at radius 2 is 2.13 bits per heavy atom. The van der Waals surface area contributed by atoms with Crippen LogP contribution in [0.4, 0.5) is 24.9 Å². The summed E-state index contributed by atoms with van der Waals surface area (Å²) in [7, 11) is 1.92. The number of nitrogen functional groups attached to an aromatic ring is 1. The molecule has 30 heavy (non-hydrogen) atoms. The van der Waals surface area contributed by atoms with Crippen molar-refractivity contribution in [3.05, 3.63) is 35.8 Å². The minimum atomic E-state index is -5.03. The molecule has 0 fully saturated rings. The monoisotopic (exact) mass is 435 g/mol. The first-order chi connectivity index (χ1) is 14.3. The van der Waals surface area contributed by atoms with Gasteiger partial charge in [-0.3, -0.25) is 0 Å². The van der Waals surface area contributed by atoms with Crippen molar-refractivity contribution in [3.8, 4) is 10.4 Å². The summed E-state index contributed by atoms with van der Waals surface area (Å²) in [4.78, 5) is 20.5. The molecule has 0 aliphatic carbocycles. The fraction of sp³-hybridized carbons (Fsp3) is 0.211. The molecule has 0 bridgehead atoms. The van der Waals surface area contributed by atoms with Gasteiger partial charge in [0.15, 0.2) is 0 Å². The second-order valence-electron chi connectivity index (χ2n) is 6.48. The predicted molar refractivity (Wildman–Crippen MR) is 109 cm³/mol. The first-order valence-corrected chi connectivity index (χ1v) is 9.70. The van der Waals surface area contributed by atoms with E-state index in [0.29, 0.717) is 16.7 Å². The molecule has 0 aliphatic rings. The van der Waals surface area contributed by atoms with Crippen molar-refractivity contribution in [3.63, 3.8) is 0 Å². The molecule has 11 heteroatoms. The van der Waals surface area contributed by atoms with Crippen molar-refractivity contribution >= 4 is 50.9 Å². The lowest BCUT2D eigenvalue weighted by molar-refractivity contribution is -0.199. The SMILES string of the molecule is Cn1ccc2c3c(NCCOC(=O)C(F)(F)F)nc(N)nc3cc(-c3cccs3)c21. The second kappa shape index (κ2) is 7.48. The summed E-state index contributed by atoms with van der Waals surface area (Å²) in [6.07, 6.45) is -3.12. The van der Waals surface area contributed by atoms with Crippen molar-refractivity contribution < 1.29 is 22.7 Å². The number of anilines is 2. The number of thiophene rings is 1. The Balaban J connectivity index is 1.73. The number of fused-ring (bicyclic) bond motifs is 3. The van der Waals surface area contributed by atoms with E-state index in [1.165, 1.54) is 0 Å². The van der Waals surface area contributed by atoms with Gasteiger partial charge in [-0.25, -0.2) is 9.78 Å². The van der Waals surface area contributed by atoms with E-state index in [1.807, 2.05) is 47.5 Å². The molecule has 0 radical (unpaired) electrons. The quantitative estimate of drug-likeness (QED) is 0.364. The minimum Gasteiger partial charge on any atom is -0.457 e. The number of alkyl halides is 3. The number of ether oxygens (including phenoxy) is 1. The fourth-order valence-electron chi connectivity index (χ4n) is 3.28. The highest BCUT2D eigenvalue weighted by Crippen LogP contribution is 2.39. The van der Waals surface area contributed by atoms with Crippen LogP contribution in [-0.2, 0) is 16.6 Å². The number of hydrogen-bond donors (Lipinski definition) is 2. The number of nitrogens with one attached hydrogen (secondary N) is 1. The number of halogens is 3. The van der Waals surface area contributed by atoms with Crippen molar-refractivity contribution in [1.29, 1.82) is 0 Å². The Morgan fingerprint density at radius 1 is 1.33 bits per heavy atom. The lowest BCUT2D eigenvalue weighted by Crippen LogP contribution is -2.27. The lowest BCUT2D eigenvalue weighted by atomic mass is 10.0. The summed E-state index contributed by atoms with van der Waals surface area (Å²) in [6, 6.07) is 7.80. The highest BCUT2D eigenvalue weighted by molar-refractivity contribution is 7.13. The number of esters is 1. The maximum absolute atomic E-state index is 12.3. The van der Waals surface area contributed by atoms with Gasteiger partial charge in [-0.05, 0) is 23.6 Å². The number of carbonyl (C=O) groups excluding carboxylic acids is 1. The van der Waals surface area contributed by atoms with Crippen LogP contribution in [0.2, 0.25) is 0 Å². The number of nitrogens with zero attached hydrogens (tertiary/aromatic N) is 3. The molecule has 3 heterocycles. The third-order valence-electron chi connectivity index (χ3n) is 4.48. The van der Waals surface area contributed by atoms with Crippen molar-refractivity contribution in [1.82, 2.24) is 14.5 Å². The van der Waals surface area contributed by atoms with Gasteiger partial charge >= 0.3 is 12.1 Å². The van der Waals surface area contributed by atoms with Crippen LogP contribution in [-0.4, -0.2) is 39.8 Å². The van der Waals surface area contributed by atoms with Gasteiger partial charge in [0.2, 0.25) is 5.95 Å². The zero-order chi connectivity index (χ0) is 21.5. The predicted octanol–water partition coefficient (Wildman–Crippen LogP) is 3.95. The maximum atomic E-state index is 12.3. The topological polar surface area (TPSA) is 95.1 Å². The fourth-order valence-corrected chi connectivity index (χ4v) is 4.02. The van der Waals surface area contributed by atoms with Crippen LogP contribution >= 0.6 is 11.3 Å². The number of aromatic nitrogens is 3. The van der Waals surface area contributed by atoms with Crippen molar-refractivity contribution in [2.75, 3.05) is 24.2 Å². The van der Waals surface area contributed by atoms with E-state index < -0.39 is 18.8 Å². The molecule has 0 unspecified atom stereocenters. The van der Waals surface area contributed by atoms with E-state index in [2.05, 4.69) is 20.0 Å². The summed E-state index contributed by atoms with van der Waals surface area (Å²) in [5, 5.41) is 6.44. The third kappa shape index (κ3) is 3.63. The van der Waals surface area contributed by atoms with E-state index in [0.717, 1.165) is 21.3 Å². The van der Waals surface area contributed by atoms with Crippen LogP contribution in [0.1, 0.15) is 0 Å². The standard InChI is InChI=1S/C19H16F3N5O2S/c1-27-6-4-10-14-12(9-11(15(10)27)13-3-2-8-30-13)25-18(23)26-16(14)24-5-7-29-17(28)19(20,21)22/h2-4,6,8-9H,5,7H2,1H3,(H3,23,24,25,26). The van der Waals surface area contributed by atoms with Crippen LogP contribution in [0.25, 0.3) is 32.2 Å². The number of carbonyl (C=O) groups is 1. The molecular formula is C19H16F3N5O2S. The highest BCUT2D eigenvalue weighted by Gasteiger charge is 2.40. The van der Waals surface area contributed by atoms with Crippen LogP contribution < -0.4 is 11.1 Å². The number of benzene rings is 1. The van der Waals surface area contributed by atoms with Crippen LogP contribution in [0.15, 0.2) is 35.8 Å². The molecule has 0 aliphatic heterocycles. The summed E-state index contributed by atoms with van der Waals surface area (Å²) in [6.45, 7) is -0.552. The molecule has 4 aromatic rings. The Morgan fingerprint density at radius 3 is 2.83 bits per heavy atom. The van der Waals surface area contributed by atoms with Gasteiger partial charge in [0.25, 0.3) is 0 Å². The summed E-state index contributed by atoms with van der Waals surface area (Å²) in [5.74, 6) is -1.86. The van der Waals surface area contributed by atoms with Crippen LogP contribution in [0.5, 0.6) is 0 Å². The molecule has 3 aromatic heterocycles. The van der Waals surface area contributed by atoms with Crippen molar-refractivity contribution in [2.24, 2.45) is 7.05 Å². The van der Waals surface area contributed by atoms with E-state index in [-0.39, 0.29) is 12.5 Å². The zero-order valence-corrected chi connectivity index (χ0v) is 16.5. The normalized spacial score (nSPS) is 11.9. The Kier molecular flexibility index (Phi) is 4.98. The third-order valence-corrected chi connectivity index (χ3v) is 5.38. The smallest absolute Gasteiger partial charge is 0.457 e. The second-order valence-corrected chi connectivity index (χ2v) is 7.42. The largest absolute Gasteiger partial charge is 0.490 e. The molecule has 0 amide bonds. The van der Waals surface area contributed by atoms with E-state index >= 15 is 0 Å². The van der Waals surface area contributed by atoms with E-state index in [1.54, 1.807) is 11.3 Å². The number of hydrogen-bond acceptors (Lipinski definition) is 7. The number of rotatable bonds is 5. The molecule has 0 atom stereocenters. The van der Waals surface area contributed by atoms with E-state index in [4.69, 9.17) is 5.73 Å². The van der Waals surface area contributed by atoms with E-state index in [9.17, 15) is 18.0 Å². The van der Waals surface area contributed by atoms with Gasteiger partial charge in [-0.1, -0.05) is 6.07 Å². The molecule has 1 aromatic carbocycles. The molecule has 4 rings (SSSR count). The number of nitrogens with two attached hydrogens (primary N) is 1. The Labute approximate surface area is 172 Å². The number of aryl methyl sites for hydroxylation is 1. The Hall–Kier alpha value is -3.34. The minimum absolute atomic E-state index is 0.0182. The molecule has 7 nitrogen and oxygen atoms in total. The van der Waals surface area contributed by atoms with Crippen molar-refractivity contribution in [2.45, 2.75) is 6.18 Å². The lowest BCUT2D eigenvalue weighted by Gasteiger charge is -2.13. The highest BCUT2D eigenvalue weighted by atomic mass is 32.1. The molecule has 156 valence electrons. The maximum Gasteiger partial charge on any atom is 0.490 e. The first kappa shape index (κ1) is 20.0. The summed E-state index contributed by atoms with van der Waals surface area (Å²) < 4.78 is 43.0. The summed E-state index contributed by atoms with van der Waals surface area (Å²) in [5.41, 5.74) is 8.40. The van der Waals surface area contributed by atoms with Gasteiger partial charge in [0, 0.05) is 29.1 Å². The Bertz CT molecular complexity index is 1230.